The first-order valence-electron chi connectivity index (χ1n) is 6.78. The van der Waals surface area contributed by atoms with Gasteiger partial charge in [0.2, 0.25) is 5.91 Å². The molecule has 2 heterocycles. The van der Waals surface area contributed by atoms with Crippen LogP contribution in [0.4, 0.5) is 5.69 Å². The van der Waals surface area contributed by atoms with E-state index in [-0.39, 0.29) is 11.3 Å². The number of nitrogens with zero attached hydrogens (tertiary/aromatic N) is 2. The molecular formula is C15H17N3O. The summed E-state index contributed by atoms with van der Waals surface area (Å²) in [6.45, 7) is 2.63. The minimum Gasteiger partial charge on any atom is -0.317 e. The number of benzene rings is 1. The number of hydrogen-bond donors (Lipinski definition) is 1. The lowest BCUT2D eigenvalue weighted by Crippen LogP contribution is -2.42. The standard InChI is InChI=1S/C15H17N3O/c16-11-12-2-1-3-13(10-12)18-9-6-15(14(18)19)4-7-17-8-5-15/h1-3,10,17H,4-9H2. The normalized spacial score (nSPS) is 21.6. The van der Waals surface area contributed by atoms with Crippen LogP contribution in [-0.4, -0.2) is 25.5 Å². The van der Waals surface area contributed by atoms with Crippen LogP contribution in [0, 0.1) is 16.7 Å². The maximum absolute atomic E-state index is 12.7. The van der Waals surface area contributed by atoms with Crippen molar-refractivity contribution in [3.8, 4) is 6.07 Å². The summed E-state index contributed by atoms with van der Waals surface area (Å²) < 4.78 is 0. The molecule has 1 N–H and O–H groups in total. The molecule has 2 fully saturated rings. The molecule has 98 valence electrons. The van der Waals surface area contributed by atoms with Crippen LogP contribution in [0.5, 0.6) is 0 Å². The van der Waals surface area contributed by atoms with Gasteiger partial charge in [0, 0.05) is 12.2 Å². The Labute approximate surface area is 113 Å². The van der Waals surface area contributed by atoms with Crippen molar-refractivity contribution in [1.82, 2.24) is 5.32 Å². The largest absolute Gasteiger partial charge is 0.317 e. The van der Waals surface area contributed by atoms with Gasteiger partial charge in [0.15, 0.2) is 0 Å². The highest BCUT2D eigenvalue weighted by Gasteiger charge is 2.47. The van der Waals surface area contributed by atoms with Gasteiger partial charge in [0.25, 0.3) is 0 Å². The van der Waals surface area contributed by atoms with E-state index in [1.54, 1.807) is 12.1 Å². The van der Waals surface area contributed by atoms with E-state index in [0.717, 1.165) is 44.6 Å². The molecule has 1 aromatic rings. The first-order valence-corrected chi connectivity index (χ1v) is 6.78. The maximum atomic E-state index is 12.7. The van der Waals surface area contributed by atoms with E-state index in [1.807, 2.05) is 17.0 Å². The van der Waals surface area contributed by atoms with Crippen molar-refractivity contribution >= 4 is 11.6 Å². The summed E-state index contributed by atoms with van der Waals surface area (Å²) in [4.78, 5) is 14.6. The molecular weight excluding hydrogens is 238 g/mol. The van der Waals surface area contributed by atoms with Gasteiger partial charge in [-0.15, -0.1) is 0 Å². The van der Waals surface area contributed by atoms with E-state index in [1.165, 1.54) is 0 Å². The lowest BCUT2D eigenvalue weighted by atomic mass is 9.78. The molecule has 2 saturated heterocycles. The molecule has 0 unspecified atom stereocenters. The van der Waals surface area contributed by atoms with E-state index in [0.29, 0.717) is 5.56 Å². The van der Waals surface area contributed by atoms with Gasteiger partial charge in [-0.25, -0.2) is 0 Å². The van der Waals surface area contributed by atoms with Crippen molar-refractivity contribution < 1.29 is 4.79 Å². The molecule has 0 bridgehead atoms. The van der Waals surface area contributed by atoms with E-state index in [2.05, 4.69) is 11.4 Å². The topological polar surface area (TPSA) is 56.1 Å². The van der Waals surface area contributed by atoms with Crippen LogP contribution < -0.4 is 10.2 Å². The second-order valence-corrected chi connectivity index (χ2v) is 5.40. The fourth-order valence-electron chi connectivity index (χ4n) is 3.18. The fraction of sp³-hybridized carbons (Fsp3) is 0.467. The van der Waals surface area contributed by atoms with Crippen molar-refractivity contribution in [2.75, 3.05) is 24.5 Å². The summed E-state index contributed by atoms with van der Waals surface area (Å²) in [5.41, 5.74) is 1.31. The van der Waals surface area contributed by atoms with E-state index >= 15 is 0 Å². The van der Waals surface area contributed by atoms with Crippen molar-refractivity contribution in [1.29, 1.82) is 5.26 Å². The predicted octanol–water partition coefficient (Wildman–Crippen LogP) is 1.66. The Morgan fingerprint density at radius 1 is 1.26 bits per heavy atom. The van der Waals surface area contributed by atoms with Crippen molar-refractivity contribution in [2.45, 2.75) is 19.3 Å². The van der Waals surface area contributed by atoms with Crippen molar-refractivity contribution in [3.63, 3.8) is 0 Å². The molecule has 4 nitrogen and oxygen atoms in total. The predicted molar refractivity (Wildman–Crippen MR) is 72.7 cm³/mol. The van der Waals surface area contributed by atoms with Gasteiger partial charge in [0.05, 0.1) is 17.0 Å². The van der Waals surface area contributed by atoms with Crippen LogP contribution in [0.1, 0.15) is 24.8 Å². The minimum absolute atomic E-state index is 0.159. The van der Waals surface area contributed by atoms with Crippen molar-refractivity contribution in [2.24, 2.45) is 5.41 Å². The Bertz CT molecular complexity index is 541. The minimum atomic E-state index is -0.159. The number of rotatable bonds is 1. The van der Waals surface area contributed by atoms with E-state index in [9.17, 15) is 4.79 Å². The number of amides is 1. The molecule has 1 spiro atoms. The maximum Gasteiger partial charge on any atom is 0.233 e. The third-order valence-electron chi connectivity index (χ3n) is 4.36. The number of carbonyl (C=O) groups is 1. The lowest BCUT2D eigenvalue weighted by Gasteiger charge is -2.32. The van der Waals surface area contributed by atoms with Gasteiger partial charge in [-0.05, 0) is 50.6 Å². The van der Waals surface area contributed by atoms with Crippen molar-refractivity contribution in [3.05, 3.63) is 29.8 Å². The number of hydrogen-bond acceptors (Lipinski definition) is 3. The highest BCUT2D eigenvalue weighted by Crippen LogP contribution is 2.41. The highest BCUT2D eigenvalue weighted by atomic mass is 16.2. The SMILES string of the molecule is N#Cc1cccc(N2CCC3(CCNCC3)C2=O)c1. The van der Waals surface area contributed by atoms with Crippen LogP contribution in [-0.2, 0) is 4.79 Å². The smallest absolute Gasteiger partial charge is 0.233 e. The molecule has 1 amide bonds. The molecule has 0 aromatic heterocycles. The second kappa shape index (κ2) is 4.67. The van der Waals surface area contributed by atoms with Crippen LogP contribution >= 0.6 is 0 Å². The molecule has 3 rings (SSSR count). The van der Waals surface area contributed by atoms with Crippen LogP contribution in [0.25, 0.3) is 0 Å². The van der Waals surface area contributed by atoms with Gasteiger partial charge >= 0.3 is 0 Å². The fourth-order valence-corrected chi connectivity index (χ4v) is 3.18. The summed E-state index contributed by atoms with van der Waals surface area (Å²) in [5, 5.41) is 12.3. The van der Waals surface area contributed by atoms with Gasteiger partial charge < -0.3 is 10.2 Å². The Hall–Kier alpha value is -1.86. The molecule has 2 aliphatic heterocycles. The number of anilines is 1. The monoisotopic (exact) mass is 255 g/mol. The van der Waals surface area contributed by atoms with Gasteiger partial charge in [-0.3, -0.25) is 4.79 Å². The zero-order valence-corrected chi connectivity index (χ0v) is 10.9. The molecule has 19 heavy (non-hydrogen) atoms. The Balaban J connectivity index is 1.87. The summed E-state index contributed by atoms with van der Waals surface area (Å²) in [7, 11) is 0. The average Bonchev–Trinajstić information content (AvgIpc) is 2.77. The average molecular weight is 255 g/mol. The van der Waals surface area contributed by atoms with E-state index < -0.39 is 0 Å². The summed E-state index contributed by atoms with van der Waals surface area (Å²) >= 11 is 0. The summed E-state index contributed by atoms with van der Waals surface area (Å²) in [5.74, 6) is 0.240. The van der Waals surface area contributed by atoms with Crippen LogP contribution in [0.2, 0.25) is 0 Å². The van der Waals surface area contributed by atoms with Crippen LogP contribution in [0.3, 0.4) is 0 Å². The Morgan fingerprint density at radius 3 is 2.79 bits per heavy atom. The highest BCUT2D eigenvalue weighted by molar-refractivity contribution is 6.00. The zero-order chi connectivity index (χ0) is 13.3. The molecule has 0 radical (unpaired) electrons. The first-order chi connectivity index (χ1) is 9.25. The first kappa shape index (κ1) is 12.2. The van der Waals surface area contributed by atoms with Gasteiger partial charge in [0.1, 0.15) is 0 Å². The number of nitrogens with one attached hydrogen (secondary N) is 1. The lowest BCUT2D eigenvalue weighted by molar-refractivity contribution is -0.126. The number of piperidine rings is 1. The summed E-state index contributed by atoms with van der Waals surface area (Å²) in [6, 6.07) is 9.46. The molecule has 4 heteroatoms. The number of nitriles is 1. The Kier molecular flexibility index (Phi) is 3.00. The van der Waals surface area contributed by atoms with E-state index in [4.69, 9.17) is 5.26 Å². The van der Waals surface area contributed by atoms with Gasteiger partial charge in [-0.2, -0.15) is 5.26 Å². The Morgan fingerprint density at radius 2 is 2.05 bits per heavy atom. The quantitative estimate of drug-likeness (QED) is 0.830. The summed E-state index contributed by atoms with van der Waals surface area (Å²) in [6.07, 6.45) is 2.80. The molecule has 0 saturated carbocycles. The number of carbonyl (C=O) groups excluding carboxylic acids is 1. The van der Waals surface area contributed by atoms with Crippen LogP contribution in [0.15, 0.2) is 24.3 Å². The molecule has 0 atom stereocenters. The molecule has 0 aliphatic carbocycles. The zero-order valence-electron chi connectivity index (χ0n) is 10.9. The second-order valence-electron chi connectivity index (χ2n) is 5.40. The molecule has 1 aromatic carbocycles. The third kappa shape index (κ3) is 2.00. The third-order valence-corrected chi connectivity index (χ3v) is 4.36. The molecule has 2 aliphatic rings. The van der Waals surface area contributed by atoms with Gasteiger partial charge in [-0.1, -0.05) is 6.07 Å².